The van der Waals surface area contributed by atoms with Gasteiger partial charge in [-0.3, -0.25) is 4.79 Å². The molecule has 1 saturated heterocycles. The third-order valence-corrected chi connectivity index (χ3v) is 3.00. The van der Waals surface area contributed by atoms with E-state index in [0.29, 0.717) is 0 Å². The lowest BCUT2D eigenvalue weighted by Crippen LogP contribution is -2.17. The van der Waals surface area contributed by atoms with Gasteiger partial charge in [-0.1, -0.05) is 18.2 Å². The van der Waals surface area contributed by atoms with Gasteiger partial charge in [-0.2, -0.15) is 0 Å². The molecule has 1 aromatic carbocycles. The molecule has 1 aliphatic rings. The van der Waals surface area contributed by atoms with E-state index in [2.05, 4.69) is 4.90 Å². The zero-order valence-electron chi connectivity index (χ0n) is 10.0. The Balaban J connectivity index is 2.03. The van der Waals surface area contributed by atoms with Crippen LogP contribution in [0.5, 0.6) is 0 Å². The first-order valence-corrected chi connectivity index (χ1v) is 5.97. The van der Waals surface area contributed by atoms with Gasteiger partial charge in [0.05, 0.1) is 0 Å². The summed E-state index contributed by atoms with van der Waals surface area (Å²) < 4.78 is 0. The highest BCUT2D eigenvalue weighted by Crippen LogP contribution is 2.20. The van der Waals surface area contributed by atoms with Crippen molar-refractivity contribution in [1.82, 2.24) is 0 Å². The van der Waals surface area contributed by atoms with Crippen LogP contribution in [0.4, 0.5) is 5.69 Å². The number of ketones is 1. The maximum Gasteiger partial charge on any atom is 0.376 e. The Bertz CT molecular complexity index is 470. The molecule has 94 valence electrons. The lowest BCUT2D eigenvalue weighted by Gasteiger charge is -2.17. The molecule has 1 aliphatic heterocycles. The summed E-state index contributed by atoms with van der Waals surface area (Å²) in [5.41, 5.74) is 2.00. The predicted molar refractivity (Wildman–Crippen MR) is 69.6 cm³/mol. The molecule has 0 radical (unpaired) electrons. The van der Waals surface area contributed by atoms with Crippen molar-refractivity contribution < 1.29 is 14.7 Å². The van der Waals surface area contributed by atoms with E-state index in [9.17, 15) is 9.59 Å². The fourth-order valence-electron chi connectivity index (χ4n) is 2.01. The van der Waals surface area contributed by atoms with Crippen LogP contribution in [-0.4, -0.2) is 29.9 Å². The van der Waals surface area contributed by atoms with Gasteiger partial charge >= 0.3 is 5.97 Å². The molecule has 0 unspecified atom stereocenters. The van der Waals surface area contributed by atoms with E-state index >= 15 is 0 Å². The van der Waals surface area contributed by atoms with Crippen LogP contribution in [0.15, 0.2) is 30.3 Å². The molecular weight excluding hydrogens is 230 g/mol. The lowest BCUT2D eigenvalue weighted by atomic mass is 10.1. The molecular formula is C14H15NO3. The minimum atomic E-state index is -1.43. The molecule has 1 heterocycles. The second-order valence-corrected chi connectivity index (χ2v) is 4.29. The van der Waals surface area contributed by atoms with Gasteiger partial charge < -0.3 is 10.0 Å². The minimum Gasteiger partial charge on any atom is -0.475 e. The SMILES string of the molecule is O=C(O)C(=O)/C=C/c1ccc(N2CCCC2)cc1. The summed E-state index contributed by atoms with van der Waals surface area (Å²) in [6.07, 6.45) is 5.06. The number of carboxylic acids is 1. The van der Waals surface area contributed by atoms with Gasteiger partial charge in [0.25, 0.3) is 5.78 Å². The average molecular weight is 245 g/mol. The Hall–Kier alpha value is -2.10. The molecule has 2 rings (SSSR count). The summed E-state index contributed by atoms with van der Waals surface area (Å²) in [6, 6.07) is 7.77. The number of benzene rings is 1. The van der Waals surface area contributed by atoms with E-state index in [0.717, 1.165) is 24.7 Å². The first-order valence-electron chi connectivity index (χ1n) is 5.97. The molecule has 0 atom stereocenters. The molecule has 1 N–H and O–H groups in total. The summed E-state index contributed by atoms with van der Waals surface area (Å²) in [5.74, 6) is -2.33. The summed E-state index contributed by atoms with van der Waals surface area (Å²) in [6.45, 7) is 2.18. The van der Waals surface area contributed by atoms with Gasteiger partial charge in [0.15, 0.2) is 0 Å². The van der Waals surface area contributed by atoms with Crippen molar-refractivity contribution in [3.05, 3.63) is 35.9 Å². The topological polar surface area (TPSA) is 57.6 Å². The Morgan fingerprint density at radius 1 is 1.11 bits per heavy atom. The Kier molecular flexibility index (Phi) is 3.77. The first kappa shape index (κ1) is 12.4. The number of nitrogens with zero attached hydrogens (tertiary/aromatic N) is 1. The van der Waals surface area contributed by atoms with Gasteiger partial charge in [0, 0.05) is 18.8 Å². The minimum absolute atomic E-state index is 0.826. The van der Waals surface area contributed by atoms with Crippen molar-refractivity contribution in [2.24, 2.45) is 0 Å². The van der Waals surface area contributed by atoms with E-state index in [1.165, 1.54) is 24.6 Å². The highest BCUT2D eigenvalue weighted by atomic mass is 16.4. The van der Waals surface area contributed by atoms with Gasteiger partial charge in [-0.15, -0.1) is 0 Å². The summed E-state index contributed by atoms with van der Waals surface area (Å²) in [4.78, 5) is 23.6. The summed E-state index contributed by atoms with van der Waals surface area (Å²) >= 11 is 0. The normalized spacial score (nSPS) is 15.2. The zero-order valence-corrected chi connectivity index (χ0v) is 10.0. The number of carbonyl (C=O) groups excluding carboxylic acids is 1. The second kappa shape index (κ2) is 5.49. The van der Waals surface area contributed by atoms with Crippen LogP contribution in [0, 0.1) is 0 Å². The molecule has 0 spiro atoms. The third kappa shape index (κ3) is 2.97. The van der Waals surface area contributed by atoms with Crippen LogP contribution in [0.2, 0.25) is 0 Å². The van der Waals surface area contributed by atoms with Crippen molar-refractivity contribution in [1.29, 1.82) is 0 Å². The number of hydrogen-bond acceptors (Lipinski definition) is 3. The molecule has 1 fully saturated rings. The van der Waals surface area contributed by atoms with Crippen LogP contribution >= 0.6 is 0 Å². The molecule has 0 aromatic heterocycles. The Morgan fingerprint density at radius 3 is 2.28 bits per heavy atom. The van der Waals surface area contributed by atoms with E-state index in [1.807, 2.05) is 24.3 Å². The van der Waals surface area contributed by atoms with Crippen molar-refractivity contribution >= 4 is 23.5 Å². The number of hydrogen-bond donors (Lipinski definition) is 1. The van der Waals surface area contributed by atoms with Crippen molar-refractivity contribution in [2.45, 2.75) is 12.8 Å². The standard InChI is InChI=1S/C14H15NO3/c16-13(14(17)18)8-5-11-3-6-12(7-4-11)15-9-1-2-10-15/h3-8H,1-2,9-10H2,(H,17,18)/b8-5+. The second-order valence-electron chi connectivity index (χ2n) is 4.29. The molecule has 4 heteroatoms. The highest BCUT2D eigenvalue weighted by Gasteiger charge is 2.11. The summed E-state index contributed by atoms with van der Waals surface area (Å²) in [7, 11) is 0. The molecule has 0 amide bonds. The number of aliphatic carboxylic acids is 1. The van der Waals surface area contributed by atoms with Gasteiger partial charge in [0.2, 0.25) is 0 Å². The van der Waals surface area contributed by atoms with Crippen LogP contribution in [0.1, 0.15) is 18.4 Å². The quantitative estimate of drug-likeness (QED) is 0.650. The lowest BCUT2D eigenvalue weighted by molar-refractivity contribution is -0.146. The van der Waals surface area contributed by atoms with Crippen LogP contribution < -0.4 is 4.90 Å². The zero-order chi connectivity index (χ0) is 13.0. The monoisotopic (exact) mass is 245 g/mol. The van der Waals surface area contributed by atoms with Crippen molar-refractivity contribution in [2.75, 3.05) is 18.0 Å². The van der Waals surface area contributed by atoms with E-state index in [4.69, 9.17) is 5.11 Å². The summed E-state index contributed by atoms with van der Waals surface area (Å²) in [5, 5.41) is 8.44. The molecule has 0 saturated carbocycles. The first-order chi connectivity index (χ1) is 8.66. The van der Waals surface area contributed by atoms with Crippen LogP contribution in [-0.2, 0) is 9.59 Å². The van der Waals surface area contributed by atoms with Gasteiger partial charge in [-0.25, -0.2) is 4.79 Å². The van der Waals surface area contributed by atoms with E-state index in [1.54, 1.807) is 0 Å². The van der Waals surface area contributed by atoms with Gasteiger partial charge in [0.1, 0.15) is 0 Å². The van der Waals surface area contributed by atoms with Gasteiger partial charge in [-0.05, 0) is 36.6 Å². The number of anilines is 1. The van der Waals surface area contributed by atoms with Crippen molar-refractivity contribution in [3.63, 3.8) is 0 Å². The highest BCUT2D eigenvalue weighted by molar-refractivity contribution is 6.38. The third-order valence-electron chi connectivity index (χ3n) is 3.00. The average Bonchev–Trinajstić information content (AvgIpc) is 2.90. The number of rotatable bonds is 4. The fraction of sp³-hybridized carbons (Fsp3) is 0.286. The van der Waals surface area contributed by atoms with E-state index in [-0.39, 0.29) is 0 Å². The maximum atomic E-state index is 10.9. The molecule has 0 aliphatic carbocycles. The Labute approximate surface area is 106 Å². The van der Waals surface area contributed by atoms with E-state index < -0.39 is 11.8 Å². The molecule has 4 nitrogen and oxygen atoms in total. The smallest absolute Gasteiger partial charge is 0.376 e. The molecule has 18 heavy (non-hydrogen) atoms. The van der Waals surface area contributed by atoms with Crippen molar-refractivity contribution in [3.8, 4) is 0 Å². The van der Waals surface area contributed by atoms with Crippen LogP contribution in [0.3, 0.4) is 0 Å². The number of carboxylic acid groups (broad SMARTS) is 1. The number of carbonyl (C=O) groups is 2. The Morgan fingerprint density at radius 2 is 1.72 bits per heavy atom. The van der Waals surface area contributed by atoms with Crippen LogP contribution in [0.25, 0.3) is 6.08 Å². The predicted octanol–water partition coefficient (Wildman–Crippen LogP) is 1.95. The fourth-order valence-corrected chi connectivity index (χ4v) is 2.01. The largest absolute Gasteiger partial charge is 0.475 e. The maximum absolute atomic E-state index is 10.9. The molecule has 1 aromatic rings. The molecule has 0 bridgehead atoms.